The van der Waals surface area contributed by atoms with E-state index in [4.69, 9.17) is 11.6 Å². The zero-order valence-corrected chi connectivity index (χ0v) is 12.0. The second kappa shape index (κ2) is 5.69. The van der Waals surface area contributed by atoms with Crippen LogP contribution < -0.4 is 5.56 Å². The number of aromatic nitrogens is 2. The maximum atomic E-state index is 11.9. The minimum atomic E-state index is -0.103. The lowest BCUT2D eigenvalue weighted by Gasteiger charge is -2.03. The maximum absolute atomic E-state index is 11.9. The lowest BCUT2D eigenvalue weighted by Crippen LogP contribution is -2.08. The molecule has 20 heavy (non-hydrogen) atoms. The Bertz CT molecular complexity index is 799. The first-order chi connectivity index (χ1) is 9.72. The Balaban J connectivity index is 1.84. The van der Waals surface area contributed by atoms with Crippen molar-refractivity contribution in [2.45, 2.75) is 10.9 Å². The molecule has 0 saturated heterocycles. The number of benzene rings is 2. The molecule has 0 bridgehead atoms. The van der Waals surface area contributed by atoms with Crippen LogP contribution in [0.4, 0.5) is 0 Å². The number of nitrogens with one attached hydrogen (secondary N) is 1. The smallest absolute Gasteiger partial charge is 0.259 e. The van der Waals surface area contributed by atoms with Gasteiger partial charge >= 0.3 is 0 Å². The van der Waals surface area contributed by atoms with Gasteiger partial charge in [-0.1, -0.05) is 47.6 Å². The van der Waals surface area contributed by atoms with Crippen molar-refractivity contribution in [1.29, 1.82) is 0 Å². The van der Waals surface area contributed by atoms with Crippen LogP contribution in [0.3, 0.4) is 0 Å². The molecule has 0 amide bonds. The van der Waals surface area contributed by atoms with Gasteiger partial charge in [0.2, 0.25) is 0 Å². The van der Waals surface area contributed by atoms with Gasteiger partial charge in [0, 0.05) is 10.8 Å². The van der Waals surface area contributed by atoms with Crippen molar-refractivity contribution in [2.75, 3.05) is 0 Å². The average molecular weight is 303 g/mol. The van der Waals surface area contributed by atoms with E-state index in [1.165, 1.54) is 11.8 Å². The Kier molecular flexibility index (Phi) is 3.76. The largest absolute Gasteiger partial charge is 0.301 e. The molecule has 1 N–H and O–H groups in total. The molecule has 0 spiro atoms. The highest BCUT2D eigenvalue weighted by atomic mass is 35.5. The van der Waals surface area contributed by atoms with E-state index in [0.29, 0.717) is 10.5 Å². The molecule has 1 heterocycles. The average Bonchev–Trinajstić information content (AvgIpc) is 2.47. The minimum Gasteiger partial charge on any atom is -0.301 e. The van der Waals surface area contributed by atoms with Gasteiger partial charge in [0.1, 0.15) is 0 Å². The molecule has 3 rings (SSSR count). The van der Waals surface area contributed by atoms with E-state index in [9.17, 15) is 4.79 Å². The summed E-state index contributed by atoms with van der Waals surface area (Å²) in [5, 5.41) is 1.96. The number of hydrogen-bond acceptors (Lipinski definition) is 3. The molecular weight excluding hydrogens is 292 g/mol. The van der Waals surface area contributed by atoms with E-state index in [2.05, 4.69) is 9.97 Å². The highest BCUT2D eigenvalue weighted by Gasteiger charge is 2.04. The van der Waals surface area contributed by atoms with Crippen LogP contribution in [0, 0.1) is 0 Å². The third-order valence-corrected chi connectivity index (χ3v) is 4.08. The van der Waals surface area contributed by atoms with Gasteiger partial charge in [0.25, 0.3) is 5.56 Å². The van der Waals surface area contributed by atoms with Crippen molar-refractivity contribution < 1.29 is 0 Å². The predicted molar refractivity (Wildman–Crippen MR) is 83.4 cm³/mol. The fourth-order valence-electron chi connectivity index (χ4n) is 1.87. The summed E-state index contributed by atoms with van der Waals surface area (Å²) in [6.45, 7) is 0. The van der Waals surface area contributed by atoms with E-state index >= 15 is 0 Å². The minimum absolute atomic E-state index is 0.103. The summed E-state index contributed by atoms with van der Waals surface area (Å²) in [7, 11) is 0. The molecule has 0 saturated carbocycles. The Labute approximate surface area is 125 Å². The summed E-state index contributed by atoms with van der Waals surface area (Å²) < 4.78 is 0. The third-order valence-electron chi connectivity index (χ3n) is 2.88. The topological polar surface area (TPSA) is 45.8 Å². The molecule has 0 aliphatic heterocycles. The molecule has 0 fully saturated rings. The van der Waals surface area contributed by atoms with Gasteiger partial charge in [-0.3, -0.25) is 4.79 Å². The number of fused-ring (bicyclic) bond motifs is 1. The second-order valence-corrected chi connectivity index (χ2v) is 5.70. The van der Waals surface area contributed by atoms with Crippen molar-refractivity contribution in [3.8, 4) is 0 Å². The van der Waals surface area contributed by atoms with Crippen molar-refractivity contribution in [2.24, 2.45) is 0 Å². The van der Waals surface area contributed by atoms with Gasteiger partial charge in [0.05, 0.1) is 10.9 Å². The van der Waals surface area contributed by atoms with Crippen LogP contribution in [-0.2, 0) is 5.75 Å². The molecule has 0 aliphatic rings. The van der Waals surface area contributed by atoms with Gasteiger partial charge < -0.3 is 4.98 Å². The van der Waals surface area contributed by atoms with Crippen molar-refractivity contribution in [3.63, 3.8) is 0 Å². The monoisotopic (exact) mass is 302 g/mol. The van der Waals surface area contributed by atoms with Gasteiger partial charge in [-0.15, -0.1) is 0 Å². The van der Waals surface area contributed by atoms with E-state index in [1.54, 1.807) is 6.07 Å². The fraction of sp³-hybridized carbons (Fsp3) is 0.0667. The normalized spacial score (nSPS) is 10.8. The number of para-hydroxylation sites is 1. The van der Waals surface area contributed by atoms with Gasteiger partial charge in [0.15, 0.2) is 5.16 Å². The van der Waals surface area contributed by atoms with E-state index in [1.807, 2.05) is 42.5 Å². The molecule has 0 unspecified atom stereocenters. The van der Waals surface area contributed by atoms with Gasteiger partial charge in [-0.25, -0.2) is 4.98 Å². The SMILES string of the molecule is O=c1[nH]c(SCc2ccc(Cl)cc2)nc2ccccc12. The molecule has 0 radical (unpaired) electrons. The molecule has 5 heteroatoms. The Morgan fingerprint density at radius 1 is 1.10 bits per heavy atom. The highest BCUT2D eigenvalue weighted by molar-refractivity contribution is 7.98. The Morgan fingerprint density at radius 2 is 1.85 bits per heavy atom. The first-order valence-electron chi connectivity index (χ1n) is 6.09. The number of rotatable bonds is 3. The Morgan fingerprint density at radius 3 is 2.65 bits per heavy atom. The fourth-order valence-corrected chi connectivity index (χ4v) is 2.82. The van der Waals surface area contributed by atoms with Crippen LogP contribution in [0.5, 0.6) is 0 Å². The standard InChI is InChI=1S/C15H11ClN2OS/c16-11-7-5-10(6-8-11)9-20-15-17-13-4-2-1-3-12(13)14(19)18-15/h1-8H,9H2,(H,17,18,19). The number of halogens is 1. The Hall–Kier alpha value is -1.78. The quantitative estimate of drug-likeness (QED) is 0.590. The van der Waals surface area contributed by atoms with Crippen LogP contribution in [0.25, 0.3) is 10.9 Å². The van der Waals surface area contributed by atoms with Crippen molar-refractivity contribution in [3.05, 3.63) is 69.5 Å². The predicted octanol–water partition coefficient (Wildman–Crippen LogP) is 3.87. The first-order valence-corrected chi connectivity index (χ1v) is 7.45. The molecule has 1 aromatic heterocycles. The third kappa shape index (κ3) is 2.86. The van der Waals surface area contributed by atoms with Crippen LogP contribution in [0.2, 0.25) is 5.02 Å². The van der Waals surface area contributed by atoms with Crippen molar-refractivity contribution in [1.82, 2.24) is 9.97 Å². The van der Waals surface area contributed by atoms with Crippen LogP contribution in [0.1, 0.15) is 5.56 Å². The highest BCUT2D eigenvalue weighted by Crippen LogP contribution is 2.20. The molecule has 3 nitrogen and oxygen atoms in total. The maximum Gasteiger partial charge on any atom is 0.259 e. The molecule has 0 atom stereocenters. The number of H-pyrrole nitrogens is 1. The number of nitrogens with zero attached hydrogens (tertiary/aromatic N) is 1. The molecule has 0 aliphatic carbocycles. The molecule has 2 aromatic carbocycles. The number of hydrogen-bond donors (Lipinski definition) is 1. The molecular formula is C15H11ClN2OS. The molecule has 100 valence electrons. The van der Waals surface area contributed by atoms with E-state index in [-0.39, 0.29) is 5.56 Å². The van der Waals surface area contributed by atoms with Crippen molar-refractivity contribution >= 4 is 34.3 Å². The van der Waals surface area contributed by atoms with E-state index in [0.717, 1.165) is 21.9 Å². The zero-order chi connectivity index (χ0) is 13.9. The summed E-state index contributed by atoms with van der Waals surface area (Å²) in [5.41, 5.74) is 1.75. The summed E-state index contributed by atoms with van der Waals surface area (Å²) in [6, 6.07) is 15.0. The van der Waals surface area contributed by atoms with Crippen LogP contribution in [-0.4, -0.2) is 9.97 Å². The lowest BCUT2D eigenvalue weighted by atomic mass is 10.2. The van der Waals surface area contributed by atoms with Gasteiger partial charge in [-0.05, 0) is 29.8 Å². The zero-order valence-electron chi connectivity index (χ0n) is 10.5. The summed E-state index contributed by atoms with van der Waals surface area (Å²) in [5.74, 6) is 0.735. The van der Waals surface area contributed by atoms with Gasteiger partial charge in [-0.2, -0.15) is 0 Å². The second-order valence-electron chi connectivity index (χ2n) is 4.30. The molecule has 3 aromatic rings. The van der Waals surface area contributed by atoms with Crippen LogP contribution in [0.15, 0.2) is 58.5 Å². The number of aromatic amines is 1. The van der Waals surface area contributed by atoms with E-state index < -0.39 is 0 Å². The summed E-state index contributed by atoms with van der Waals surface area (Å²) in [4.78, 5) is 19.2. The van der Waals surface area contributed by atoms with Crippen LogP contribution >= 0.6 is 23.4 Å². The lowest BCUT2D eigenvalue weighted by molar-refractivity contribution is 0.973. The summed E-state index contributed by atoms with van der Waals surface area (Å²) >= 11 is 7.35. The first kappa shape index (κ1) is 13.2. The summed E-state index contributed by atoms with van der Waals surface area (Å²) in [6.07, 6.45) is 0. The number of thioether (sulfide) groups is 1.